The number of rotatable bonds is 3. The molecule has 0 amide bonds. The van der Waals surface area contributed by atoms with Crippen LogP contribution in [0.1, 0.15) is 19.8 Å². The van der Waals surface area contributed by atoms with Gasteiger partial charge >= 0.3 is 0 Å². The van der Waals surface area contributed by atoms with Crippen molar-refractivity contribution in [2.75, 3.05) is 13.1 Å². The average molecular weight is 317 g/mol. The Hall–Kier alpha value is -1.54. The first kappa shape index (κ1) is 15.8. The molecule has 8 heteroatoms. The summed E-state index contributed by atoms with van der Waals surface area (Å²) in [5.74, 6) is -1.91. The monoisotopic (exact) mass is 317 g/mol. The van der Waals surface area contributed by atoms with Gasteiger partial charge in [-0.05, 0) is 25.0 Å². The summed E-state index contributed by atoms with van der Waals surface area (Å²) < 4.78 is 52.5. The molecule has 0 saturated carbocycles. The minimum absolute atomic E-state index is 0.0208. The van der Waals surface area contributed by atoms with Crippen molar-refractivity contribution in [2.24, 2.45) is 11.1 Å². The lowest BCUT2D eigenvalue weighted by Gasteiger charge is -2.37. The first-order valence-electron chi connectivity index (χ1n) is 6.46. The van der Waals surface area contributed by atoms with E-state index in [0.717, 1.165) is 16.4 Å². The Morgan fingerprint density at radius 2 is 1.90 bits per heavy atom. The Kier molecular flexibility index (Phi) is 4.03. The summed E-state index contributed by atoms with van der Waals surface area (Å²) in [5, 5.41) is 7.54. The van der Waals surface area contributed by atoms with Gasteiger partial charge in [-0.1, -0.05) is 6.92 Å². The van der Waals surface area contributed by atoms with Crippen LogP contribution in [-0.4, -0.2) is 31.6 Å². The number of hydrogen-bond acceptors (Lipinski definition) is 3. The molecule has 1 aromatic rings. The second kappa shape index (κ2) is 5.34. The van der Waals surface area contributed by atoms with Gasteiger partial charge in [0.2, 0.25) is 10.0 Å². The van der Waals surface area contributed by atoms with Crippen molar-refractivity contribution in [3.05, 3.63) is 29.8 Å². The second-order valence-corrected chi connectivity index (χ2v) is 7.36. The molecule has 0 spiro atoms. The number of nitrogens with two attached hydrogens (primary N) is 1. The molecule has 5 nitrogen and oxygen atoms in total. The fourth-order valence-corrected chi connectivity index (χ4v) is 3.80. The largest absolute Gasteiger partial charge is 0.387 e. The third kappa shape index (κ3) is 2.91. The lowest BCUT2D eigenvalue weighted by molar-refractivity contribution is 0.240. The molecular formula is C13H17F2N3O2S. The zero-order valence-electron chi connectivity index (χ0n) is 11.6. The van der Waals surface area contributed by atoms with Crippen LogP contribution in [0.4, 0.5) is 8.78 Å². The number of piperidine rings is 1. The Balaban J connectivity index is 2.25. The van der Waals surface area contributed by atoms with Crippen LogP contribution in [0.15, 0.2) is 23.1 Å². The smallest absolute Gasteiger partial charge is 0.245 e. The molecule has 1 aromatic carbocycles. The summed E-state index contributed by atoms with van der Waals surface area (Å²) in [4.78, 5) is -0.532. The van der Waals surface area contributed by atoms with Gasteiger partial charge in [-0.3, -0.25) is 5.41 Å². The van der Waals surface area contributed by atoms with Gasteiger partial charge in [0.05, 0.1) is 5.84 Å². The highest BCUT2D eigenvalue weighted by Crippen LogP contribution is 2.33. The Bertz CT molecular complexity index is 668. The SMILES string of the molecule is CC1(C(=N)N)CCN(S(=O)(=O)c2ccc(F)cc2F)CC1. The molecule has 21 heavy (non-hydrogen) atoms. The van der Waals surface area contributed by atoms with Crippen molar-refractivity contribution >= 4 is 15.9 Å². The van der Waals surface area contributed by atoms with Crippen molar-refractivity contribution in [3.63, 3.8) is 0 Å². The van der Waals surface area contributed by atoms with E-state index in [0.29, 0.717) is 18.9 Å². The molecule has 1 heterocycles. The first-order chi connectivity index (χ1) is 9.67. The summed E-state index contributed by atoms with van der Waals surface area (Å²) in [6.45, 7) is 2.10. The van der Waals surface area contributed by atoms with Gasteiger partial charge in [0.25, 0.3) is 0 Å². The van der Waals surface area contributed by atoms with Crippen molar-refractivity contribution < 1.29 is 17.2 Å². The van der Waals surface area contributed by atoms with E-state index in [9.17, 15) is 17.2 Å². The minimum Gasteiger partial charge on any atom is -0.387 e. The van der Waals surface area contributed by atoms with Crippen molar-refractivity contribution in [1.29, 1.82) is 5.41 Å². The maximum Gasteiger partial charge on any atom is 0.245 e. The van der Waals surface area contributed by atoms with E-state index in [2.05, 4.69) is 0 Å². The predicted molar refractivity (Wildman–Crippen MR) is 74.4 cm³/mol. The quantitative estimate of drug-likeness (QED) is 0.657. The summed E-state index contributed by atoms with van der Waals surface area (Å²) in [6.07, 6.45) is 0.786. The fraction of sp³-hybridized carbons (Fsp3) is 0.462. The summed E-state index contributed by atoms with van der Waals surface area (Å²) in [6, 6.07) is 2.40. The van der Waals surface area contributed by atoms with Crippen molar-refractivity contribution in [3.8, 4) is 0 Å². The topological polar surface area (TPSA) is 87.2 Å². The first-order valence-corrected chi connectivity index (χ1v) is 7.90. The molecule has 116 valence electrons. The standard InChI is InChI=1S/C13H17F2N3O2S/c1-13(12(16)17)4-6-18(7-5-13)21(19,20)11-3-2-9(14)8-10(11)15/h2-3,8H,4-7H2,1H3,(H3,16,17). The lowest BCUT2D eigenvalue weighted by Crippen LogP contribution is -2.47. The third-order valence-electron chi connectivity index (χ3n) is 3.99. The Morgan fingerprint density at radius 1 is 1.33 bits per heavy atom. The predicted octanol–water partition coefficient (Wildman–Crippen LogP) is 1.69. The molecule has 2 rings (SSSR count). The zero-order chi connectivity index (χ0) is 15.8. The molecule has 0 bridgehead atoms. The molecule has 0 radical (unpaired) electrons. The number of sulfonamides is 1. The van der Waals surface area contributed by atoms with Crippen LogP contribution in [0, 0.1) is 22.5 Å². The van der Waals surface area contributed by atoms with Gasteiger partial charge in [0, 0.05) is 24.6 Å². The average Bonchev–Trinajstić information content (AvgIpc) is 2.38. The molecule has 1 aliphatic rings. The van der Waals surface area contributed by atoms with Crippen LogP contribution in [0.3, 0.4) is 0 Å². The van der Waals surface area contributed by atoms with Crippen molar-refractivity contribution in [2.45, 2.75) is 24.7 Å². The highest BCUT2D eigenvalue weighted by atomic mass is 32.2. The number of hydrogen-bond donors (Lipinski definition) is 2. The van der Waals surface area contributed by atoms with E-state index in [4.69, 9.17) is 11.1 Å². The molecule has 0 unspecified atom stereocenters. The van der Waals surface area contributed by atoms with E-state index in [1.54, 1.807) is 6.92 Å². The van der Waals surface area contributed by atoms with Crippen LogP contribution >= 0.6 is 0 Å². The Labute approximate surface area is 122 Å². The van der Waals surface area contributed by atoms with Gasteiger partial charge in [-0.15, -0.1) is 0 Å². The second-order valence-electron chi connectivity index (χ2n) is 5.45. The van der Waals surface area contributed by atoms with E-state index < -0.39 is 32.0 Å². The molecule has 0 atom stereocenters. The molecule has 0 aromatic heterocycles. The molecule has 1 fully saturated rings. The van der Waals surface area contributed by atoms with Crippen LogP contribution in [0.5, 0.6) is 0 Å². The van der Waals surface area contributed by atoms with Crippen LogP contribution in [-0.2, 0) is 10.0 Å². The van der Waals surface area contributed by atoms with E-state index in [1.165, 1.54) is 0 Å². The Morgan fingerprint density at radius 3 is 2.38 bits per heavy atom. The maximum absolute atomic E-state index is 13.7. The summed E-state index contributed by atoms with van der Waals surface area (Å²) >= 11 is 0. The number of halogens is 2. The summed E-state index contributed by atoms with van der Waals surface area (Å²) in [5.41, 5.74) is 4.99. The molecular weight excluding hydrogens is 300 g/mol. The van der Waals surface area contributed by atoms with E-state index in [1.807, 2.05) is 0 Å². The highest BCUT2D eigenvalue weighted by Gasteiger charge is 2.38. The van der Waals surface area contributed by atoms with Crippen LogP contribution in [0.25, 0.3) is 0 Å². The van der Waals surface area contributed by atoms with Gasteiger partial charge in [0.1, 0.15) is 16.5 Å². The lowest BCUT2D eigenvalue weighted by atomic mass is 9.80. The molecule has 0 aliphatic carbocycles. The molecule has 1 aliphatic heterocycles. The zero-order valence-corrected chi connectivity index (χ0v) is 12.4. The number of benzene rings is 1. The van der Waals surface area contributed by atoms with Crippen LogP contribution < -0.4 is 5.73 Å². The van der Waals surface area contributed by atoms with Gasteiger partial charge in [-0.2, -0.15) is 4.31 Å². The third-order valence-corrected chi connectivity index (χ3v) is 5.92. The van der Waals surface area contributed by atoms with E-state index in [-0.39, 0.29) is 18.9 Å². The van der Waals surface area contributed by atoms with E-state index >= 15 is 0 Å². The van der Waals surface area contributed by atoms with Crippen LogP contribution in [0.2, 0.25) is 0 Å². The number of amidine groups is 1. The summed E-state index contributed by atoms with van der Waals surface area (Å²) in [7, 11) is -4.00. The van der Waals surface area contributed by atoms with Gasteiger partial charge in [-0.25, -0.2) is 17.2 Å². The minimum atomic E-state index is -4.00. The highest BCUT2D eigenvalue weighted by molar-refractivity contribution is 7.89. The van der Waals surface area contributed by atoms with Gasteiger partial charge < -0.3 is 5.73 Å². The van der Waals surface area contributed by atoms with Gasteiger partial charge in [0.15, 0.2) is 0 Å². The maximum atomic E-state index is 13.7. The number of nitrogens with one attached hydrogen (secondary N) is 1. The van der Waals surface area contributed by atoms with Crippen molar-refractivity contribution in [1.82, 2.24) is 4.31 Å². The molecule has 3 N–H and O–H groups in total. The normalized spacial score (nSPS) is 19.4. The number of nitrogens with zero attached hydrogens (tertiary/aromatic N) is 1. The fourth-order valence-electron chi connectivity index (χ4n) is 2.31. The molecule has 1 saturated heterocycles.